The van der Waals surface area contributed by atoms with E-state index >= 15 is 0 Å². The molecule has 4 aromatic heterocycles. The van der Waals surface area contributed by atoms with Gasteiger partial charge in [-0.3, -0.25) is 4.79 Å². The van der Waals surface area contributed by atoms with Crippen LogP contribution in [0.2, 0.25) is 0 Å². The summed E-state index contributed by atoms with van der Waals surface area (Å²) in [4.78, 5) is 39.4. The number of H-pyrrole nitrogens is 2. The molecule has 0 saturated heterocycles. The average Bonchev–Trinajstić information content (AvgIpc) is 3.71. The number of aromatic carboxylic acids is 1. The number of nitrogens with two attached hydrogens (primary N) is 1. The fourth-order valence-electron chi connectivity index (χ4n) is 8.87. The number of thiazole rings is 2. The van der Waals surface area contributed by atoms with Crippen LogP contribution in [0.4, 0.5) is 0 Å². The molecule has 8 atom stereocenters. The molecule has 6 aliphatic rings. The molecule has 0 spiro atoms. The minimum Gasteiger partial charge on any atom is -0.477 e. The highest BCUT2D eigenvalue weighted by Gasteiger charge is 2.57. The molecule has 6 N–H and O–H groups in total. The van der Waals surface area contributed by atoms with E-state index in [9.17, 15) is 9.59 Å². The van der Waals surface area contributed by atoms with Crippen molar-refractivity contribution in [3.05, 3.63) is 33.5 Å². The minimum atomic E-state index is -0.946. The zero-order chi connectivity index (χ0) is 32.6. The van der Waals surface area contributed by atoms with Crippen molar-refractivity contribution in [2.75, 3.05) is 0 Å². The third-order valence-electron chi connectivity index (χ3n) is 12.1. The first kappa shape index (κ1) is 32.2. The van der Waals surface area contributed by atoms with Crippen LogP contribution in [0.1, 0.15) is 98.2 Å². The summed E-state index contributed by atoms with van der Waals surface area (Å²) in [5, 5.41) is 13.8. The van der Waals surface area contributed by atoms with E-state index in [-0.39, 0.29) is 11.6 Å². The van der Waals surface area contributed by atoms with Crippen LogP contribution in [0.25, 0.3) is 20.7 Å². The van der Waals surface area contributed by atoms with Crippen molar-refractivity contribution < 1.29 is 14.7 Å². The van der Waals surface area contributed by atoms with Crippen molar-refractivity contribution in [3.8, 4) is 0 Å². The Kier molecular flexibility index (Phi) is 8.22. The van der Waals surface area contributed by atoms with Gasteiger partial charge in [0.2, 0.25) is 0 Å². The standard InChI is InChI=1S/C17H23N3OS.C10H19N.C7H6N2O2S/c1-8-11-5-10(17(11,3)4)6-12(8)19-15(21)13-7-14-16(20-13)22-9(2)18-14;1-6-8-4-7(5-9(6)11)10(8,2)3;1-3-8-4-2-5(7(10)11)9-6(4)12-3/h7-8,10-12,20H,5-6H2,1-4H3,(H,19,21);6-9H,4-5,11H2,1-3H3;2,9H,1H3,(H,10,11)/t8-,10+,11-,12-;6-,7+,8-,9-;/m00./s1. The summed E-state index contributed by atoms with van der Waals surface area (Å²) in [5.74, 6) is 3.73. The number of aryl methyl sites for hydroxylation is 2. The fraction of sp³-hybridized carbons (Fsp3) is 0.647. The van der Waals surface area contributed by atoms with Gasteiger partial charge in [-0.15, -0.1) is 22.7 Å². The van der Waals surface area contributed by atoms with Crippen molar-refractivity contribution in [1.82, 2.24) is 25.3 Å². The predicted molar refractivity (Wildman–Crippen MR) is 182 cm³/mol. The van der Waals surface area contributed by atoms with Gasteiger partial charge in [0.1, 0.15) is 32.1 Å². The van der Waals surface area contributed by atoms with Gasteiger partial charge in [-0.2, -0.15) is 0 Å². The smallest absolute Gasteiger partial charge is 0.352 e. The molecule has 6 saturated carbocycles. The van der Waals surface area contributed by atoms with Crippen molar-refractivity contribution in [1.29, 1.82) is 0 Å². The van der Waals surface area contributed by atoms with Crippen molar-refractivity contribution in [3.63, 3.8) is 0 Å². The summed E-state index contributed by atoms with van der Waals surface area (Å²) in [7, 11) is 0. The first-order chi connectivity index (χ1) is 21.1. The lowest BCUT2D eigenvalue weighted by Gasteiger charge is -2.62. The summed E-state index contributed by atoms with van der Waals surface area (Å²) in [5.41, 5.74) is 9.55. The Morgan fingerprint density at radius 2 is 1.33 bits per heavy atom. The van der Waals surface area contributed by atoms with Crippen molar-refractivity contribution in [2.24, 2.45) is 52.1 Å². The summed E-state index contributed by atoms with van der Waals surface area (Å²) < 4.78 is 0. The van der Waals surface area contributed by atoms with Crippen molar-refractivity contribution in [2.45, 2.75) is 93.2 Å². The van der Waals surface area contributed by atoms with Crippen LogP contribution < -0.4 is 11.1 Å². The number of carbonyl (C=O) groups is 2. The first-order valence-electron chi connectivity index (χ1n) is 16.3. The zero-order valence-electron chi connectivity index (χ0n) is 27.7. The van der Waals surface area contributed by atoms with Crippen LogP contribution in [0.15, 0.2) is 12.1 Å². The van der Waals surface area contributed by atoms with Crippen LogP contribution in [-0.4, -0.2) is 49.0 Å². The number of fused-ring (bicyclic) bond motifs is 6. The van der Waals surface area contributed by atoms with Crippen LogP contribution in [-0.2, 0) is 0 Å². The molecule has 4 heterocycles. The molecule has 6 fully saturated rings. The number of nitrogens with one attached hydrogen (secondary N) is 3. The van der Waals surface area contributed by atoms with E-state index in [4.69, 9.17) is 10.8 Å². The number of aromatic nitrogens is 4. The summed E-state index contributed by atoms with van der Waals surface area (Å²) in [6.45, 7) is 18.1. The van der Waals surface area contributed by atoms with Gasteiger partial charge < -0.3 is 26.1 Å². The van der Waals surface area contributed by atoms with Gasteiger partial charge in [-0.25, -0.2) is 14.8 Å². The third kappa shape index (κ3) is 5.73. The maximum absolute atomic E-state index is 12.5. The summed E-state index contributed by atoms with van der Waals surface area (Å²) in [6, 6.07) is 4.21. The average molecular weight is 653 g/mol. The van der Waals surface area contributed by atoms with E-state index in [0.29, 0.717) is 34.5 Å². The molecule has 4 bridgehead atoms. The van der Waals surface area contributed by atoms with Gasteiger partial charge in [0.25, 0.3) is 5.91 Å². The molecular formula is C34H48N6O3S2. The molecule has 4 aromatic rings. The number of aromatic amines is 2. The highest BCUT2D eigenvalue weighted by Crippen LogP contribution is 2.62. The molecule has 0 radical (unpaired) electrons. The van der Waals surface area contributed by atoms with Crippen molar-refractivity contribution >= 4 is 55.2 Å². The monoisotopic (exact) mass is 652 g/mol. The predicted octanol–water partition coefficient (Wildman–Crippen LogP) is 7.38. The second kappa shape index (κ2) is 11.5. The lowest BCUT2D eigenvalue weighted by Crippen LogP contribution is -2.60. The second-order valence-corrected chi connectivity index (χ2v) is 17.6. The highest BCUT2D eigenvalue weighted by atomic mass is 32.1. The number of hydrogen-bond donors (Lipinski definition) is 5. The number of amides is 1. The number of carboxylic acids is 1. The Hall–Kier alpha value is -2.76. The summed E-state index contributed by atoms with van der Waals surface area (Å²) >= 11 is 3.06. The van der Waals surface area contributed by atoms with E-state index in [1.165, 1.54) is 30.6 Å². The van der Waals surface area contributed by atoms with Gasteiger partial charge in [-0.1, -0.05) is 41.5 Å². The third-order valence-corrected chi connectivity index (χ3v) is 13.9. The molecule has 1 amide bonds. The largest absolute Gasteiger partial charge is 0.477 e. The number of nitrogens with zero attached hydrogens (tertiary/aromatic N) is 2. The zero-order valence-corrected chi connectivity index (χ0v) is 29.3. The Bertz CT molecular complexity index is 1670. The second-order valence-electron chi connectivity index (χ2n) is 15.2. The SMILES string of the molecule is C[C@@H]1[C@@H](N)C[C@H]2C[C@@H]1C2(C)C.Cc1nc2cc(C(=O)N[C@H]3C[C@H]4C[C@@H]([C@@H]3C)C4(C)C)[nH]c2s1.Cc1nc2cc(C(=O)O)[nH]c2s1. The van der Waals surface area contributed by atoms with E-state index in [1.54, 1.807) is 17.4 Å². The molecule has 45 heavy (non-hydrogen) atoms. The van der Waals surface area contributed by atoms with E-state index in [1.807, 2.05) is 19.9 Å². The number of carbonyl (C=O) groups excluding carboxylic acids is 1. The molecule has 0 aliphatic heterocycles. The fourth-order valence-corrected chi connectivity index (χ4v) is 10.5. The molecule has 9 nitrogen and oxygen atoms in total. The summed E-state index contributed by atoms with van der Waals surface area (Å²) in [6.07, 6.45) is 5.16. The number of hydrogen-bond acceptors (Lipinski definition) is 7. The van der Waals surface area contributed by atoms with Crippen LogP contribution in [0, 0.1) is 60.2 Å². The highest BCUT2D eigenvalue weighted by molar-refractivity contribution is 7.18. The minimum absolute atomic E-state index is 0.0128. The lowest BCUT2D eigenvalue weighted by atomic mass is 9.45. The molecule has 10 rings (SSSR count). The molecule has 0 aromatic carbocycles. The normalized spacial score (nSPS) is 31.9. The molecular weight excluding hydrogens is 605 g/mol. The van der Waals surface area contributed by atoms with Crippen LogP contribution in [0.5, 0.6) is 0 Å². The quantitative estimate of drug-likeness (QED) is 0.156. The maximum Gasteiger partial charge on any atom is 0.352 e. The van der Waals surface area contributed by atoms with Gasteiger partial charge in [0.05, 0.1) is 10.0 Å². The first-order valence-corrected chi connectivity index (χ1v) is 17.9. The molecule has 0 unspecified atom stereocenters. The van der Waals surface area contributed by atoms with Crippen LogP contribution in [0.3, 0.4) is 0 Å². The Labute approximate surface area is 273 Å². The number of rotatable bonds is 3. The maximum atomic E-state index is 12.5. The van der Waals surface area contributed by atoms with Gasteiger partial charge in [-0.05, 0) is 98.0 Å². The van der Waals surface area contributed by atoms with Gasteiger partial charge in [0.15, 0.2) is 0 Å². The Morgan fingerprint density at radius 1 is 0.844 bits per heavy atom. The van der Waals surface area contributed by atoms with Crippen LogP contribution >= 0.6 is 22.7 Å². The van der Waals surface area contributed by atoms with Gasteiger partial charge >= 0.3 is 5.97 Å². The topological polar surface area (TPSA) is 150 Å². The Balaban J connectivity index is 0.000000131. The van der Waals surface area contributed by atoms with E-state index in [2.05, 4.69) is 66.8 Å². The Morgan fingerprint density at radius 3 is 1.78 bits per heavy atom. The lowest BCUT2D eigenvalue weighted by molar-refractivity contribution is -0.113. The molecule has 11 heteroatoms. The number of carboxylic acid groups (broad SMARTS) is 1. The molecule has 6 aliphatic carbocycles. The van der Waals surface area contributed by atoms with Gasteiger partial charge in [0, 0.05) is 12.1 Å². The van der Waals surface area contributed by atoms with E-state index < -0.39 is 5.97 Å². The molecule has 244 valence electrons. The van der Waals surface area contributed by atoms with E-state index in [0.717, 1.165) is 66.7 Å².